The van der Waals surface area contributed by atoms with Crippen molar-refractivity contribution < 1.29 is 4.92 Å². The Bertz CT molecular complexity index is 664. The Hall–Kier alpha value is -1.66. The summed E-state index contributed by atoms with van der Waals surface area (Å²) < 4.78 is 0.575. The maximum Gasteiger partial charge on any atom is 0.312 e. The molecular formula is C14H13BrClN3O2. The maximum absolute atomic E-state index is 11.2. The van der Waals surface area contributed by atoms with E-state index >= 15 is 0 Å². The van der Waals surface area contributed by atoms with Gasteiger partial charge < -0.3 is 4.90 Å². The molecule has 7 heteroatoms. The largest absolute Gasteiger partial charge is 0.347 e. The molecule has 21 heavy (non-hydrogen) atoms. The van der Waals surface area contributed by atoms with Crippen LogP contribution in [0.15, 0.2) is 41.0 Å². The first-order valence-corrected chi connectivity index (χ1v) is 7.35. The molecule has 0 radical (unpaired) electrons. The van der Waals surface area contributed by atoms with Crippen molar-refractivity contribution in [2.45, 2.75) is 13.0 Å². The molecule has 2 aromatic rings. The highest BCUT2D eigenvalue weighted by Crippen LogP contribution is 2.32. The van der Waals surface area contributed by atoms with Crippen LogP contribution in [0.3, 0.4) is 0 Å². The summed E-state index contributed by atoms with van der Waals surface area (Å²) in [4.78, 5) is 16.7. The van der Waals surface area contributed by atoms with Gasteiger partial charge in [-0.15, -0.1) is 0 Å². The number of nitrogens with zero attached hydrogens (tertiary/aromatic N) is 3. The molecule has 0 aliphatic carbocycles. The van der Waals surface area contributed by atoms with E-state index in [0.717, 1.165) is 5.56 Å². The average molecular weight is 371 g/mol. The van der Waals surface area contributed by atoms with Gasteiger partial charge in [-0.05, 0) is 40.5 Å². The Morgan fingerprint density at radius 2 is 2.00 bits per heavy atom. The van der Waals surface area contributed by atoms with Crippen LogP contribution in [-0.2, 0) is 0 Å². The van der Waals surface area contributed by atoms with Crippen LogP contribution in [0.5, 0.6) is 0 Å². The lowest BCUT2D eigenvalue weighted by Gasteiger charge is -2.26. The summed E-state index contributed by atoms with van der Waals surface area (Å²) in [5.41, 5.74) is 0.966. The first kappa shape index (κ1) is 15.7. The summed E-state index contributed by atoms with van der Waals surface area (Å²) in [6.07, 6.45) is 1.55. The van der Waals surface area contributed by atoms with E-state index in [-0.39, 0.29) is 11.7 Å². The zero-order valence-corrected chi connectivity index (χ0v) is 13.8. The van der Waals surface area contributed by atoms with Gasteiger partial charge >= 0.3 is 5.69 Å². The highest BCUT2D eigenvalue weighted by Gasteiger charge is 2.23. The number of hydrogen-bond donors (Lipinski definition) is 0. The number of nitro groups is 1. The van der Waals surface area contributed by atoms with Gasteiger partial charge in [0, 0.05) is 28.8 Å². The minimum absolute atomic E-state index is 0.0345. The minimum atomic E-state index is -0.432. The number of anilines is 1. The Labute approximate surface area is 135 Å². The van der Waals surface area contributed by atoms with Gasteiger partial charge in [-0.2, -0.15) is 0 Å². The lowest BCUT2D eigenvalue weighted by atomic mass is 10.1. The second-order valence-corrected chi connectivity index (χ2v) is 5.94. The number of benzene rings is 1. The smallest absolute Gasteiger partial charge is 0.312 e. The van der Waals surface area contributed by atoms with E-state index in [1.165, 1.54) is 6.07 Å². The van der Waals surface area contributed by atoms with Crippen LogP contribution >= 0.6 is 27.5 Å². The minimum Gasteiger partial charge on any atom is -0.347 e. The Morgan fingerprint density at radius 1 is 1.38 bits per heavy atom. The number of rotatable bonds is 4. The normalized spacial score (nSPS) is 12.0. The Morgan fingerprint density at radius 3 is 2.57 bits per heavy atom. The third kappa shape index (κ3) is 3.51. The molecule has 1 heterocycles. The Balaban J connectivity index is 2.37. The van der Waals surface area contributed by atoms with Gasteiger partial charge in [-0.25, -0.2) is 4.98 Å². The van der Waals surface area contributed by atoms with Crippen molar-refractivity contribution in [3.05, 3.63) is 61.7 Å². The van der Waals surface area contributed by atoms with E-state index < -0.39 is 4.92 Å². The topological polar surface area (TPSA) is 59.3 Å². The molecule has 0 N–H and O–H groups in total. The summed E-state index contributed by atoms with van der Waals surface area (Å²) in [5, 5.41) is 11.8. The van der Waals surface area contributed by atoms with E-state index in [0.29, 0.717) is 15.3 Å². The van der Waals surface area contributed by atoms with Crippen LogP contribution in [0.1, 0.15) is 18.5 Å². The van der Waals surface area contributed by atoms with Crippen LogP contribution < -0.4 is 4.90 Å². The van der Waals surface area contributed by atoms with Crippen molar-refractivity contribution in [1.29, 1.82) is 0 Å². The van der Waals surface area contributed by atoms with Crippen LogP contribution in [0.2, 0.25) is 5.02 Å². The molecule has 0 amide bonds. The van der Waals surface area contributed by atoms with Crippen molar-refractivity contribution in [2.24, 2.45) is 0 Å². The molecule has 1 aromatic heterocycles. The van der Waals surface area contributed by atoms with Crippen LogP contribution in [0.25, 0.3) is 0 Å². The Kier molecular flexibility index (Phi) is 4.80. The van der Waals surface area contributed by atoms with Crippen molar-refractivity contribution in [3.63, 3.8) is 0 Å². The number of halogens is 2. The lowest BCUT2D eigenvalue weighted by molar-refractivity contribution is -0.384. The summed E-state index contributed by atoms with van der Waals surface area (Å²) >= 11 is 9.08. The van der Waals surface area contributed by atoms with Gasteiger partial charge in [-0.3, -0.25) is 10.1 Å². The third-order valence-electron chi connectivity index (χ3n) is 3.28. The van der Waals surface area contributed by atoms with Gasteiger partial charge in [0.2, 0.25) is 5.82 Å². The second-order valence-electron chi connectivity index (χ2n) is 4.59. The maximum atomic E-state index is 11.2. The third-order valence-corrected chi connectivity index (χ3v) is 3.96. The fourth-order valence-electron chi connectivity index (χ4n) is 1.98. The summed E-state index contributed by atoms with van der Waals surface area (Å²) in [6, 6.07) is 8.76. The summed E-state index contributed by atoms with van der Waals surface area (Å²) in [6.45, 7) is 1.96. The zero-order chi connectivity index (χ0) is 15.6. The molecule has 1 unspecified atom stereocenters. The van der Waals surface area contributed by atoms with Crippen LogP contribution in [0.4, 0.5) is 11.5 Å². The zero-order valence-electron chi connectivity index (χ0n) is 11.5. The quantitative estimate of drug-likeness (QED) is 0.583. The highest BCUT2D eigenvalue weighted by atomic mass is 79.9. The molecule has 0 saturated carbocycles. The van der Waals surface area contributed by atoms with E-state index in [4.69, 9.17) is 11.6 Å². The predicted octanol–water partition coefficient (Wildman–Crippen LogP) is 4.60. The van der Waals surface area contributed by atoms with Gasteiger partial charge in [0.05, 0.1) is 11.0 Å². The molecule has 1 atom stereocenters. The molecule has 2 rings (SSSR count). The molecule has 0 spiro atoms. The first-order valence-electron chi connectivity index (χ1n) is 6.18. The van der Waals surface area contributed by atoms with E-state index in [2.05, 4.69) is 20.9 Å². The van der Waals surface area contributed by atoms with Gasteiger partial charge in [0.15, 0.2) is 0 Å². The predicted molar refractivity (Wildman–Crippen MR) is 86.9 cm³/mol. The molecule has 0 aliphatic rings. The van der Waals surface area contributed by atoms with Crippen molar-refractivity contribution in [3.8, 4) is 0 Å². The SMILES string of the molecule is CC(c1ccc(Cl)cc1)N(C)c1ncc(Br)cc1[N+](=O)[O-]. The van der Waals surface area contributed by atoms with Crippen molar-refractivity contribution in [2.75, 3.05) is 11.9 Å². The fraction of sp³-hybridized carbons (Fsp3) is 0.214. The lowest BCUT2D eigenvalue weighted by Crippen LogP contribution is -2.23. The molecular weight excluding hydrogens is 358 g/mol. The molecule has 5 nitrogen and oxygen atoms in total. The highest BCUT2D eigenvalue weighted by molar-refractivity contribution is 9.10. The molecule has 0 saturated heterocycles. The summed E-state index contributed by atoms with van der Waals surface area (Å²) in [7, 11) is 1.78. The number of hydrogen-bond acceptors (Lipinski definition) is 4. The van der Waals surface area contributed by atoms with E-state index in [1.54, 1.807) is 30.3 Å². The molecule has 110 valence electrons. The van der Waals surface area contributed by atoms with Crippen molar-refractivity contribution in [1.82, 2.24) is 4.98 Å². The van der Waals surface area contributed by atoms with Gasteiger partial charge in [0.1, 0.15) is 0 Å². The molecule has 0 fully saturated rings. The monoisotopic (exact) mass is 369 g/mol. The first-order chi connectivity index (χ1) is 9.90. The van der Waals surface area contributed by atoms with E-state index in [1.807, 2.05) is 19.1 Å². The standard InChI is InChI=1S/C14H13BrClN3O2/c1-9(10-3-5-12(16)6-4-10)18(2)14-13(19(20)21)7-11(15)8-17-14/h3-9H,1-2H3. The van der Waals surface area contributed by atoms with Crippen molar-refractivity contribution >= 4 is 39.0 Å². The van der Waals surface area contributed by atoms with Gasteiger partial charge in [0.25, 0.3) is 0 Å². The van der Waals surface area contributed by atoms with Gasteiger partial charge in [-0.1, -0.05) is 23.7 Å². The van der Waals surface area contributed by atoms with E-state index in [9.17, 15) is 10.1 Å². The summed E-state index contributed by atoms with van der Waals surface area (Å²) in [5.74, 6) is 0.325. The average Bonchev–Trinajstić information content (AvgIpc) is 2.46. The number of aromatic nitrogens is 1. The van der Waals surface area contributed by atoms with Crippen LogP contribution in [0, 0.1) is 10.1 Å². The molecule has 1 aromatic carbocycles. The second kappa shape index (κ2) is 6.41. The van der Waals surface area contributed by atoms with Crippen LogP contribution in [-0.4, -0.2) is 17.0 Å². The molecule has 0 aliphatic heterocycles. The number of pyridine rings is 1. The molecule has 0 bridgehead atoms. The fourth-order valence-corrected chi connectivity index (χ4v) is 2.42.